The topological polar surface area (TPSA) is 20.2 Å². The fourth-order valence-corrected chi connectivity index (χ4v) is 3.56. The average Bonchev–Trinajstić information content (AvgIpc) is 2.20. The van der Waals surface area contributed by atoms with Crippen LogP contribution in [0.15, 0.2) is 30.3 Å². The fourth-order valence-electron chi connectivity index (χ4n) is 1.72. The molecule has 1 aromatic carbocycles. The van der Waals surface area contributed by atoms with Gasteiger partial charge in [-0.2, -0.15) is 0 Å². The van der Waals surface area contributed by atoms with E-state index < -0.39 is 0 Å². The maximum Gasteiger partial charge on any atom is 0.0575 e. The first kappa shape index (κ1) is 11.5. The maximum atomic E-state index is 8.68. The molecule has 0 saturated heterocycles. The molecule has 0 aliphatic heterocycles. The van der Waals surface area contributed by atoms with Crippen LogP contribution >= 0.6 is 0 Å². The molecule has 0 aliphatic rings. The van der Waals surface area contributed by atoms with E-state index in [-0.39, 0.29) is 9.52 Å². The van der Waals surface area contributed by atoms with E-state index in [1.54, 1.807) is 5.19 Å². The summed E-state index contributed by atoms with van der Waals surface area (Å²) >= 11 is 0. The number of aliphatic hydroxyl groups excluding tert-OH is 1. The first-order chi connectivity index (χ1) is 6.83. The molecular formula is C12H20OSi. The minimum atomic E-state index is -0.0966. The van der Waals surface area contributed by atoms with Crippen LogP contribution in [0.4, 0.5) is 0 Å². The van der Waals surface area contributed by atoms with Gasteiger partial charge in [-0.25, -0.2) is 0 Å². The van der Waals surface area contributed by atoms with Crippen molar-refractivity contribution in [1.82, 2.24) is 0 Å². The fraction of sp³-hybridized carbons (Fsp3) is 0.500. The van der Waals surface area contributed by atoms with Crippen molar-refractivity contribution in [3.05, 3.63) is 30.3 Å². The summed E-state index contributed by atoms with van der Waals surface area (Å²) in [6, 6.07) is 10.8. The summed E-state index contributed by atoms with van der Waals surface area (Å²) in [4.78, 5) is 0. The van der Waals surface area contributed by atoms with E-state index in [2.05, 4.69) is 37.3 Å². The quantitative estimate of drug-likeness (QED) is 0.554. The van der Waals surface area contributed by atoms with Crippen molar-refractivity contribution >= 4 is 14.7 Å². The molecule has 0 spiro atoms. The van der Waals surface area contributed by atoms with Gasteiger partial charge in [0.25, 0.3) is 0 Å². The number of rotatable bonds is 6. The maximum absolute atomic E-state index is 8.68. The van der Waals surface area contributed by atoms with Crippen LogP contribution in [0, 0.1) is 0 Å². The largest absolute Gasteiger partial charge is 0.396 e. The zero-order chi connectivity index (χ0) is 10.2. The summed E-state index contributed by atoms with van der Waals surface area (Å²) in [6.45, 7) is 2.69. The molecule has 0 radical (unpaired) electrons. The zero-order valence-electron chi connectivity index (χ0n) is 8.95. The Morgan fingerprint density at radius 2 is 1.93 bits per heavy atom. The van der Waals surface area contributed by atoms with Crippen LogP contribution in [0.5, 0.6) is 0 Å². The number of unbranched alkanes of at least 4 members (excludes halogenated alkanes) is 1. The Bertz CT molecular complexity index is 235. The number of aliphatic hydroxyl groups is 1. The standard InChI is InChI=1S/C12H20OSi/c1-11(7-5-6-10-13)14-12-8-3-2-4-9-12/h2-4,8-9,11,13H,5-7,10,14H2,1H3. The van der Waals surface area contributed by atoms with E-state index in [0.29, 0.717) is 6.61 Å². The predicted molar refractivity (Wildman–Crippen MR) is 65.0 cm³/mol. The number of hydrogen-bond donors (Lipinski definition) is 1. The van der Waals surface area contributed by atoms with E-state index >= 15 is 0 Å². The van der Waals surface area contributed by atoms with Gasteiger partial charge in [0.05, 0.1) is 9.52 Å². The van der Waals surface area contributed by atoms with E-state index in [1.165, 1.54) is 12.8 Å². The van der Waals surface area contributed by atoms with E-state index in [4.69, 9.17) is 5.11 Å². The second-order valence-corrected chi connectivity index (χ2v) is 6.63. The Morgan fingerprint density at radius 1 is 1.21 bits per heavy atom. The van der Waals surface area contributed by atoms with Crippen molar-refractivity contribution < 1.29 is 5.11 Å². The van der Waals surface area contributed by atoms with E-state index in [9.17, 15) is 0 Å². The highest BCUT2D eigenvalue weighted by Gasteiger charge is 2.03. The molecule has 0 heterocycles. The van der Waals surface area contributed by atoms with Gasteiger partial charge < -0.3 is 5.11 Å². The molecule has 1 unspecified atom stereocenters. The molecule has 0 aliphatic carbocycles. The molecule has 1 N–H and O–H groups in total. The third kappa shape index (κ3) is 4.58. The van der Waals surface area contributed by atoms with Gasteiger partial charge in [0.2, 0.25) is 0 Å². The lowest BCUT2D eigenvalue weighted by Crippen LogP contribution is -2.17. The van der Waals surface area contributed by atoms with Crippen molar-refractivity contribution in [3.63, 3.8) is 0 Å². The third-order valence-electron chi connectivity index (χ3n) is 2.53. The Balaban J connectivity index is 2.23. The minimum Gasteiger partial charge on any atom is -0.396 e. The summed E-state index contributed by atoms with van der Waals surface area (Å²) in [7, 11) is -0.0966. The number of benzene rings is 1. The molecule has 0 amide bonds. The molecule has 0 aromatic heterocycles. The molecule has 1 aromatic rings. The second kappa shape index (κ2) is 6.79. The van der Waals surface area contributed by atoms with Crippen molar-refractivity contribution in [3.8, 4) is 0 Å². The van der Waals surface area contributed by atoms with Gasteiger partial charge in [-0.1, -0.05) is 55.3 Å². The van der Waals surface area contributed by atoms with Gasteiger partial charge in [0, 0.05) is 6.61 Å². The van der Waals surface area contributed by atoms with Crippen LogP contribution in [0.2, 0.25) is 5.54 Å². The summed E-state index contributed by atoms with van der Waals surface area (Å²) < 4.78 is 0. The molecule has 1 atom stereocenters. The van der Waals surface area contributed by atoms with Gasteiger partial charge in [-0.3, -0.25) is 0 Å². The Kier molecular flexibility index (Phi) is 5.57. The van der Waals surface area contributed by atoms with E-state index in [1.807, 2.05) is 0 Å². The van der Waals surface area contributed by atoms with Gasteiger partial charge in [-0.15, -0.1) is 0 Å². The van der Waals surface area contributed by atoms with Crippen LogP contribution in [0.25, 0.3) is 0 Å². The van der Waals surface area contributed by atoms with Crippen LogP contribution in [-0.2, 0) is 0 Å². The Morgan fingerprint density at radius 3 is 2.57 bits per heavy atom. The van der Waals surface area contributed by atoms with Crippen molar-refractivity contribution in [2.45, 2.75) is 31.7 Å². The van der Waals surface area contributed by atoms with Crippen molar-refractivity contribution in [2.24, 2.45) is 0 Å². The monoisotopic (exact) mass is 208 g/mol. The normalized spacial score (nSPS) is 13.6. The molecule has 0 saturated carbocycles. The molecule has 1 rings (SSSR count). The third-order valence-corrected chi connectivity index (χ3v) is 4.58. The van der Waals surface area contributed by atoms with Crippen molar-refractivity contribution in [1.29, 1.82) is 0 Å². The second-order valence-electron chi connectivity index (χ2n) is 4.01. The summed E-state index contributed by atoms with van der Waals surface area (Å²) in [6.07, 6.45) is 3.42. The lowest BCUT2D eigenvalue weighted by atomic mass is 10.2. The van der Waals surface area contributed by atoms with Gasteiger partial charge in [0.1, 0.15) is 0 Å². The van der Waals surface area contributed by atoms with Gasteiger partial charge in [-0.05, 0) is 12.0 Å². The minimum absolute atomic E-state index is 0.0966. The van der Waals surface area contributed by atoms with Crippen LogP contribution in [0.1, 0.15) is 26.2 Å². The Hall–Kier alpha value is -0.603. The van der Waals surface area contributed by atoms with Crippen molar-refractivity contribution in [2.75, 3.05) is 6.61 Å². The molecule has 2 heteroatoms. The van der Waals surface area contributed by atoms with Crippen LogP contribution < -0.4 is 5.19 Å². The lowest BCUT2D eigenvalue weighted by Gasteiger charge is -2.09. The van der Waals surface area contributed by atoms with Crippen LogP contribution in [0.3, 0.4) is 0 Å². The highest BCUT2D eigenvalue weighted by molar-refractivity contribution is 6.54. The highest BCUT2D eigenvalue weighted by Crippen LogP contribution is 2.11. The van der Waals surface area contributed by atoms with Gasteiger partial charge >= 0.3 is 0 Å². The molecule has 78 valence electrons. The van der Waals surface area contributed by atoms with Gasteiger partial charge in [0.15, 0.2) is 0 Å². The summed E-state index contributed by atoms with van der Waals surface area (Å²) in [5, 5.41) is 10.2. The van der Waals surface area contributed by atoms with Crippen LogP contribution in [-0.4, -0.2) is 21.2 Å². The molecule has 1 nitrogen and oxygen atoms in total. The SMILES string of the molecule is CC(CCCCO)[SiH2]c1ccccc1. The number of hydrogen-bond acceptors (Lipinski definition) is 1. The average molecular weight is 208 g/mol. The zero-order valence-corrected chi connectivity index (χ0v) is 10.4. The summed E-state index contributed by atoms with van der Waals surface area (Å²) in [5.74, 6) is 0. The summed E-state index contributed by atoms with van der Waals surface area (Å²) in [5.41, 5.74) is 0.865. The molecule has 0 fully saturated rings. The Labute approximate surface area is 89.0 Å². The van der Waals surface area contributed by atoms with E-state index in [0.717, 1.165) is 12.0 Å². The first-order valence-electron chi connectivity index (χ1n) is 5.47. The first-order valence-corrected chi connectivity index (χ1v) is 7.00. The molecule has 0 bridgehead atoms. The molecule has 14 heavy (non-hydrogen) atoms. The molecular weight excluding hydrogens is 188 g/mol. The highest BCUT2D eigenvalue weighted by atomic mass is 28.2. The predicted octanol–water partition coefficient (Wildman–Crippen LogP) is 1.45. The lowest BCUT2D eigenvalue weighted by molar-refractivity contribution is 0.283. The smallest absolute Gasteiger partial charge is 0.0575 e.